The van der Waals surface area contributed by atoms with Gasteiger partial charge in [-0.1, -0.05) is 26.0 Å². The first kappa shape index (κ1) is 27.6. The van der Waals surface area contributed by atoms with Crippen molar-refractivity contribution in [1.29, 1.82) is 0 Å². The smallest absolute Gasteiger partial charge is 0.243 e. The molecule has 0 amide bonds. The average molecular weight is 552 g/mol. The number of benzene rings is 3. The van der Waals surface area contributed by atoms with Gasteiger partial charge >= 0.3 is 0 Å². The molecule has 7 nitrogen and oxygen atoms in total. The van der Waals surface area contributed by atoms with Crippen LogP contribution in [0.2, 0.25) is 0 Å². The third kappa shape index (κ3) is 6.01. The number of nitrogens with zero attached hydrogens (tertiary/aromatic N) is 3. The lowest BCUT2D eigenvalue weighted by atomic mass is 10.1. The van der Waals surface area contributed by atoms with Crippen LogP contribution in [-0.2, 0) is 10.0 Å². The standard InChI is InChI=1S/C29H33N3O4S2/c1-5-31(6-2)38(33,34)27-19-9-22(10-20-27)28-21-37-29(30-23-11-15-25(16-12-23)35-7-3)32(28)24-13-17-26(18-14-24)36-8-4/h9-21H,5-8H2,1-4H3. The van der Waals surface area contributed by atoms with E-state index < -0.39 is 10.0 Å². The molecule has 0 fully saturated rings. The average Bonchev–Trinajstić information content (AvgIpc) is 3.34. The summed E-state index contributed by atoms with van der Waals surface area (Å²) in [6.45, 7) is 9.66. The second-order valence-electron chi connectivity index (χ2n) is 8.32. The Morgan fingerprint density at radius 1 is 0.789 bits per heavy atom. The van der Waals surface area contributed by atoms with Gasteiger partial charge in [-0.25, -0.2) is 13.4 Å². The Morgan fingerprint density at radius 3 is 1.87 bits per heavy atom. The number of hydrogen-bond acceptors (Lipinski definition) is 6. The number of sulfonamides is 1. The van der Waals surface area contributed by atoms with Crippen molar-refractivity contribution in [2.24, 2.45) is 4.99 Å². The van der Waals surface area contributed by atoms with Crippen LogP contribution >= 0.6 is 11.3 Å². The molecular weight excluding hydrogens is 518 g/mol. The molecule has 0 aliphatic heterocycles. The van der Waals surface area contributed by atoms with E-state index in [1.165, 1.54) is 15.6 Å². The van der Waals surface area contributed by atoms with E-state index in [1.54, 1.807) is 12.1 Å². The minimum absolute atomic E-state index is 0.284. The highest BCUT2D eigenvalue weighted by atomic mass is 32.2. The normalized spacial score (nSPS) is 12.2. The molecule has 0 saturated heterocycles. The summed E-state index contributed by atoms with van der Waals surface area (Å²) in [5.74, 6) is 1.60. The Kier molecular flexibility index (Phi) is 9.04. The van der Waals surface area contributed by atoms with Gasteiger partial charge in [0.15, 0.2) is 4.80 Å². The topological polar surface area (TPSA) is 73.1 Å². The Labute approximate surface area is 228 Å². The molecule has 200 valence electrons. The van der Waals surface area contributed by atoms with Crippen LogP contribution in [-0.4, -0.2) is 43.6 Å². The summed E-state index contributed by atoms with van der Waals surface area (Å²) < 4.78 is 40.7. The monoisotopic (exact) mass is 551 g/mol. The summed E-state index contributed by atoms with van der Waals surface area (Å²) in [6, 6.07) is 22.6. The molecule has 0 N–H and O–H groups in total. The quantitative estimate of drug-likeness (QED) is 0.220. The summed E-state index contributed by atoms with van der Waals surface area (Å²) in [5, 5.41) is 2.04. The van der Waals surface area contributed by atoms with Gasteiger partial charge in [0.05, 0.1) is 29.5 Å². The Hall–Kier alpha value is -3.40. The Morgan fingerprint density at radius 2 is 1.34 bits per heavy atom. The highest BCUT2D eigenvalue weighted by molar-refractivity contribution is 7.89. The maximum absolute atomic E-state index is 13.0. The molecule has 0 spiro atoms. The van der Waals surface area contributed by atoms with E-state index in [2.05, 4.69) is 4.57 Å². The summed E-state index contributed by atoms with van der Waals surface area (Å²) in [4.78, 5) is 5.99. The maximum Gasteiger partial charge on any atom is 0.243 e. The van der Waals surface area contributed by atoms with Crippen molar-refractivity contribution in [1.82, 2.24) is 8.87 Å². The third-order valence-corrected chi connectivity index (χ3v) is 8.87. The number of hydrogen-bond donors (Lipinski definition) is 0. The molecule has 0 aliphatic rings. The lowest BCUT2D eigenvalue weighted by Gasteiger charge is -2.18. The van der Waals surface area contributed by atoms with Crippen LogP contribution in [0.1, 0.15) is 27.7 Å². The minimum atomic E-state index is -3.53. The van der Waals surface area contributed by atoms with E-state index in [9.17, 15) is 8.42 Å². The molecule has 4 rings (SSSR count). The maximum atomic E-state index is 13.0. The molecule has 1 aromatic heterocycles. The van der Waals surface area contributed by atoms with Gasteiger partial charge in [0, 0.05) is 24.2 Å². The minimum Gasteiger partial charge on any atom is -0.494 e. The van der Waals surface area contributed by atoms with Crippen LogP contribution in [0.15, 0.2) is 88.1 Å². The summed E-state index contributed by atoms with van der Waals surface area (Å²) >= 11 is 1.52. The van der Waals surface area contributed by atoms with Crippen LogP contribution in [0.3, 0.4) is 0 Å². The van der Waals surface area contributed by atoms with Crippen LogP contribution in [0.25, 0.3) is 16.9 Å². The van der Waals surface area contributed by atoms with Gasteiger partial charge in [-0.15, -0.1) is 11.3 Å². The fraction of sp³-hybridized carbons (Fsp3) is 0.276. The highest BCUT2D eigenvalue weighted by Gasteiger charge is 2.21. The first-order chi connectivity index (χ1) is 18.4. The molecule has 4 aromatic rings. The third-order valence-electron chi connectivity index (χ3n) is 5.98. The van der Waals surface area contributed by atoms with Crippen molar-refractivity contribution in [2.75, 3.05) is 26.3 Å². The second kappa shape index (κ2) is 12.4. The van der Waals surface area contributed by atoms with Crippen molar-refractivity contribution in [3.63, 3.8) is 0 Å². The number of aromatic nitrogens is 1. The SMILES string of the molecule is CCOc1ccc(N=c2scc(-c3ccc(S(=O)(=O)N(CC)CC)cc3)n2-c2ccc(OCC)cc2)cc1. The van der Waals surface area contributed by atoms with E-state index in [1.807, 2.05) is 93.7 Å². The van der Waals surface area contributed by atoms with Gasteiger partial charge in [-0.3, -0.25) is 4.57 Å². The zero-order chi connectivity index (χ0) is 27.1. The molecule has 1 heterocycles. The molecule has 0 bridgehead atoms. The summed E-state index contributed by atoms with van der Waals surface area (Å²) in [6.07, 6.45) is 0. The molecule has 0 saturated carbocycles. The molecule has 0 atom stereocenters. The van der Waals surface area contributed by atoms with Gasteiger partial charge in [0.1, 0.15) is 11.5 Å². The molecule has 3 aromatic carbocycles. The first-order valence-electron chi connectivity index (χ1n) is 12.7. The van der Waals surface area contributed by atoms with Crippen molar-refractivity contribution < 1.29 is 17.9 Å². The van der Waals surface area contributed by atoms with Crippen LogP contribution < -0.4 is 14.3 Å². The van der Waals surface area contributed by atoms with E-state index in [0.29, 0.717) is 26.3 Å². The largest absolute Gasteiger partial charge is 0.494 e. The Balaban J connectivity index is 1.80. The Bertz CT molecular complexity index is 1500. The van der Waals surface area contributed by atoms with Crippen molar-refractivity contribution >= 4 is 27.0 Å². The lowest BCUT2D eigenvalue weighted by Crippen LogP contribution is -2.30. The molecular formula is C29H33N3O4S2. The number of thiazole rings is 1. The van der Waals surface area contributed by atoms with Crippen molar-refractivity contribution in [2.45, 2.75) is 32.6 Å². The highest BCUT2D eigenvalue weighted by Crippen LogP contribution is 2.27. The van der Waals surface area contributed by atoms with Gasteiger partial charge in [-0.2, -0.15) is 4.31 Å². The van der Waals surface area contributed by atoms with E-state index >= 15 is 0 Å². The van der Waals surface area contributed by atoms with Crippen LogP contribution in [0.4, 0.5) is 5.69 Å². The molecule has 0 radical (unpaired) electrons. The van der Waals surface area contributed by atoms with Gasteiger partial charge in [-0.05, 0) is 80.1 Å². The van der Waals surface area contributed by atoms with E-state index in [0.717, 1.165) is 38.9 Å². The van der Waals surface area contributed by atoms with Crippen molar-refractivity contribution in [3.05, 3.63) is 83.0 Å². The van der Waals surface area contributed by atoms with Crippen molar-refractivity contribution in [3.8, 4) is 28.4 Å². The lowest BCUT2D eigenvalue weighted by molar-refractivity contribution is 0.340. The fourth-order valence-corrected chi connectivity index (χ4v) is 6.49. The van der Waals surface area contributed by atoms with E-state index in [4.69, 9.17) is 14.5 Å². The zero-order valence-corrected chi connectivity index (χ0v) is 23.8. The van der Waals surface area contributed by atoms with Gasteiger partial charge in [0.25, 0.3) is 0 Å². The predicted molar refractivity (Wildman–Crippen MR) is 153 cm³/mol. The number of ether oxygens (including phenoxy) is 2. The summed E-state index contributed by atoms with van der Waals surface area (Å²) in [5.41, 5.74) is 3.54. The second-order valence-corrected chi connectivity index (χ2v) is 11.1. The molecule has 38 heavy (non-hydrogen) atoms. The summed E-state index contributed by atoms with van der Waals surface area (Å²) in [7, 11) is -3.53. The van der Waals surface area contributed by atoms with Crippen LogP contribution in [0.5, 0.6) is 11.5 Å². The molecule has 9 heteroatoms. The first-order valence-corrected chi connectivity index (χ1v) is 15.0. The van der Waals surface area contributed by atoms with Gasteiger partial charge < -0.3 is 9.47 Å². The number of rotatable bonds is 11. The fourth-order valence-electron chi connectivity index (χ4n) is 4.10. The predicted octanol–water partition coefficient (Wildman–Crippen LogP) is 6.27. The van der Waals surface area contributed by atoms with Gasteiger partial charge in [0.2, 0.25) is 10.0 Å². The van der Waals surface area contributed by atoms with Crippen LogP contribution in [0, 0.1) is 0 Å². The molecule has 0 aliphatic carbocycles. The zero-order valence-electron chi connectivity index (χ0n) is 22.1. The molecule has 0 unspecified atom stereocenters. The van der Waals surface area contributed by atoms with E-state index in [-0.39, 0.29) is 4.90 Å².